The van der Waals surface area contributed by atoms with Crippen LogP contribution in [0.3, 0.4) is 0 Å². The lowest BCUT2D eigenvalue weighted by Gasteiger charge is -2.14. The molecule has 0 fully saturated rings. The van der Waals surface area contributed by atoms with Gasteiger partial charge in [0.2, 0.25) is 0 Å². The Kier molecular flexibility index (Phi) is 6.31. The first-order valence-electron chi connectivity index (χ1n) is 12.8. The monoisotopic (exact) mass is 516 g/mol. The highest BCUT2D eigenvalue weighted by atomic mass is 31.1. The van der Waals surface area contributed by atoms with E-state index in [2.05, 4.69) is 94.4 Å². The number of benzene rings is 5. The zero-order valence-corrected chi connectivity index (χ0v) is 22.9. The fourth-order valence-corrected chi connectivity index (χ4v) is 6.40. The van der Waals surface area contributed by atoms with E-state index in [1.54, 1.807) is 0 Å². The Bertz CT molecular complexity index is 1690. The van der Waals surface area contributed by atoms with E-state index >= 15 is 0 Å². The second-order valence-electron chi connectivity index (χ2n) is 9.83. The van der Waals surface area contributed by atoms with Gasteiger partial charge in [0.05, 0.1) is 0 Å². The largest absolute Gasteiger partial charge is 0.453 e. The zero-order valence-electron chi connectivity index (χ0n) is 22.0. The van der Waals surface area contributed by atoms with Crippen LogP contribution >= 0.6 is 8.24 Å². The van der Waals surface area contributed by atoms with Gasteiger partial charge in [0.25, 0.3) is 0 Å². The molecule has 0 unspecified atom stereocenters. The number of aryl methyl sites for hydroxylation is 4. The van der Waals surface area contributed by atoms with Gasteiger partial charge in [-0.3, -0.25) is 0 Å². The smallest absolute Gasteiger partial charge is 0.390 e. The quantitative estimate of drug-likeness (QED) is 0.234. The lowest BCUT2D eigenvalue weighted by Crippen LogP contribution is -1.90. The van der Waals surface area contributed by atoms with Crippen molar-refractivity contribution in [2.75, 3.05) is 0 Å². The molecule has 0 spiro atoms. The summed E-state index contributed by atoms with van der Waals surface area (Å²) in [5, 5.41) is 2.08. The van der Waals surface area contributed by atoms with Crippen LogP contribution in [0.4, 0.5) is 0 Å². The highest BCUT2D eigenvalue weighted by molar-refractivity contribution is 7.32. The third kappa shape index (κ3) is 4.51. The Hall–Kier alpha value is -4.20. The van der Waals surface area contributed by atoms with Crippen LogP contribution in [0, 0.1) is 27.7 Å². The minimum atomic E-state index is -1.81. The summed E-state index contributed by atoms with van der Waals surface area (Å²) in [5.41, 5.74) is 10.2. The summed E-state index contributed by atoms with van der Waals surface area (Å²) in [6, 6.07) is 35.5. The van der Waals surface area contributed by atoms with Crippen molar-refractivity contribution in [1.29, 1.82) is 0 Å². The maximum absolute atomic E-state index is 6.81. The van der Waals surface area contributed by atoms with E-state index in [1.165, 1.54) is 11.1 Å². The number of hydrogen-bond donors (Lipinski definition) is 0. The molecule has 3 nitrogen and oxygen atoms in total. The molecule has 0 atom stereocenters. The lowest BCUT2D eigenvalue weighted by atomic mass is 9.97. The maximum atomic E-state index is 6.81. The van der Waals surface area contributed by atoms with Gasteiger partial charge >= 0.3 is 8.24 Å². The van der Waals surface area contributed by atoms with Gasteiger partial charge in [0, 0.05) is 21.9 Å². The van der Waals surface area contributed by atoms with E-state index in [0.717, 1.165) is 61.1 Å². The van der Waals surface area contributed by atoms with Crippen molar-refractivity contribution in [3.05, 3.63) is 125 Å². The van der Waals surface area contributed by atoms with Gasteiger partial charge in [-0.2, -0.15) is 0 Å². The van der Waals surface area contributed by atoms with Gasteiger partial charge in [0.15, 0.2) is 5.75 Å². The number of rotatable bonds is 4. The molecule has 0 aliphatic heterocycles. The van der Waals surface area contributed by atoms with Gasteiger partial charge < -0.3 is 12.9 Å². The van der Waals surface area contributed by atoms with E-state index < -0.39 is 8.24 Å². The predicted octanol–water partition coefficient (Wildman–Crippen LogP) is 10.7. The fourth-order valence-electron chi connectivity index (χ4n) is 5.16. The second kappa shape index (κ2) is 9.93. The summed E-state index contributed by atoms with van der Waals surface area (Å²) >= 11 is 0. The third-order valence-corrected chi connectivity index (χ3v) is 7.81. The van der Waals surface area contributed by atoms with Crippen LogP contribution in [-0.4, -0.2) is 0 Å². The summed E-state index contributed by atoms with van der Waals surface area (Å²) in [6.07, 6.45) is 0. The summed E-state index contributed by atoms with van der Waals surface area (Å²) < 4.78 is 20.1. The molecule has 188 valence electrons. The van der Waals surface area contributed by atoms with Crippen molar-refractivity contribution in [1.82, 2.24) is 0 Å². The van der Waals surface area contributed by atoms with Crippen LogP contribution in [0.25, 0.3) is 44.2 Å². The lowest BCUT2D eigenvalue weighted by molar-refractivity contribution is 0.499. The predicted molar refractivity (Wildman–Crippen MR) is 159 cm³/mol. The molecule has 0 saturated heterocycles. The Labute approximate surface area is 224 Å². The molecule has 0 bridgehead atoms. The fraction of sp³-hybridized carbons (Fsp3) is 0.118. The summed E-state index contributed by atoms with van der Waals surface area (Å²) in [6.45, 7) is 8.40. The van der Waals surface area contributed by atoms with Crippen molar-refractivity contribution in [3.8, 4) is 28.0 Å². The molecule has 6 rings (SSSR count). The van der Waals surface area contributed by atoms with E-state index in [9.17, 15) is 0 Å². The molecular formula is C34H29O3P. The van der Waals surface area contributed by atoms with Crippen LogP contribution in [0.5, 0.6) is 5.75 Å². The summed E-state index contributed by atoms with van der Waals surface area (Å²) in [5.74, 6) is 0.746. The normalized spacial score (nSPS) is 11.2. The van der Waals surface area contributed by atoms with E-state index in [1.807, 2.05) is 36.4 Å². The minimum Gasteiger partial charge on any atom is -0.390 e. The summed E-state index contributed by atoms with van der Waals surface area (Å²) in [4.78, 5) is 0. The van der Waals surface area contributed by atoms with Gasteiger partial charge in [-0.25, -0.2) is 0 Å². The summed E-state index contributed by atoms with van der Waals surface area (Å²) in [7, 11) is -1.81. The molecule has 38 heavy (non-hydrogen) atoms. The molecule has 0 aliphatic carbocycles. The first kappa shape index (κ1) is 24.2. The second-order valence-corrected chi connectivity index (χ2v) is 10.8. The molecule has 0 aliphatic rings. The van der Waals surface area contributed by atoms with Crippen LogP contribution in [0.1, 0.15) is 22.3 Å². The Balaban J connectivity index is 1.66. The first-order chi connectivity index (χ1) is 18.5. The SMILES string of the molecule is Cc1cc(C)c2op(Oc3c(-c4ccccc4)cccc3-c3ccccc3)oc3c(C)cc(C)cc3c2c1. The molecular weight excluding hydrogens is 487 g/mol. The molecule has 1 aromatic heterocycles. The highest BCUT2D eigenvalue weighted by Gasteiger charge is 2.18. The number of para-hydroxylation sites is 1. The van der Waals surface area contributed by atoms with Crippen LogP contribution in [0.2, 0.25) is 0 Å². The maximum Gasteiger partial charge on any atom is 0.453 e. The molecule has 5 aromatic carbocycles. The van der Waals surface area contributed by atoms with E-state index in [-0.39, 0.29) is 0 Å². The van der Waals surface area contributed by atoms with E-state index in [0.29, 0.717) is 0 Å². The third-order valence-electron chi connectivity index (χ3n) is 6.81. The minimum absolute atomic E-state index is 0.746. The molecule has 0 radical (unpaired) electrons. The molecule has 0 N–H and O–H groups in total. The topological polar surface area (TPSA) is 35.5 Å². The van der Waals surface area contributed by atoms with Crippen molar-refractivity contribution in [2.45, 2.75) is 27.7 Å². The van der Waals surface area contributed by atoms with E-state index in [4.69, 9.17) is 12.9 Å². The van der Waals surface area contributed by atoms with Crippen LogP contribution < -0.4 is 4.52 Å². The first-order valence-corrected chi connectivity index (χ1v) is 13.9. The van der Waals surface area contributed by atoms with Gasteiger partial charge in [-0.1, -0.05) is 91.0 Å². The van der Waals surface area contributed by atoms with Crippen molar-refractivity contribution in [3.63, 3.8) is 0 Å². The Morgan fingerprint density at radius 1 is 0.526 bits per heavy atom. The van der Waals surface area contributed by atoms with Crippen molar-refractivity contribution < 1.29 is 12.9 Å². The van der Waals surface area contributed by atoms with Crippen LogP contribution in [-0.2, 0) is 0 Å². The molecule has 6 aromatic rings. The van der Waals surface area contributed by atoms with Gasteiger partial charge in [0.1, 0.15) is 11.2 Å². The van der Waals surface area contributed by atoms with Gasteiger partial charge in [-0.15, -0.1) is 0 Å². The molecule has 1 heterocycles. The highest BCUT2D eigenvalue weighted by Crippen LogP contribution is 2.46. The van der Waals surface area contributed by atoms with Crippen molar-refractivity contribution >= 4 is 30.2 Å². The number of fused-ring (bicyclic) bond motifs is 3. The Morgan fingerprint density at radius 3 is 1.42 bits per heavy atom. The van der Waals surface area contributed by atoms with Crippen molar-refractivity contribution in [2.24, 2.45) is 0 Å². The zero-order chi connectivity index (χ0) is 26.2. The molecule has 0 saturated carbocycles. The number of hydrogen-bond acceptors (Lipinski definition) is 3. The van der Waals surface area contributed by atoms with Gasteiger partial charge in [-0.05, 0) is 73.2 Å². The van der Waals surface area contributed by atoms with Crippen LogP contribution in [0.15, 0.2) is 112 Å². The Morgan fingerprint density at radius 2 is 0.974 bits per heavy atom. The average molecular weight is 517 g/mol. The molecule has 4 heteroatoms. The average Bonchev–Trinajstić information content (AvgIpc) is 3.07. The standard InChI is InChI=1S/C34H29O3P/c1-22-18-24(3)32-30(20-22)31-21-23(2)19-25(4)33(31)36-38(35-32)37-34-28(26-12-7-5-8-13-26)16-11-17-29(34)27-14-9-6-10-15-27/h5-21H,1-4H3. The molecule has 0 amide bonds.